The molecule has 0 fully saturated rings. The Morgan fingerprint density at radius 2 is 1.78 bits per heavy atom. The van der Waals surface area contributed by atoms with E-state index >= 15 is 0 Å². The first-order valence-corrected chi connectivity index (χ1v) is 10.8. The van der Waals surface area contributed by atoms with Gasteiger partial charge in [0.05, 0.1) is 12.1 Å². The summed E-state index contributed by atoms with van der Waals surface area (Å²) in [5, 5.41) is 3.83. The minimum absolute atomic E-state index is 0.141. The van der Waals surface area contributed by atoms with Crippen molar-refractivity contribution in [2.45, 2.75) is 26.7 Å². The fraction of sp³-hybridized carbons (Fsp3) is 0.185. The Bertz CT molecular complexity index is 1250. The van der Waals surface area contributed by atoms with Gasteiger partial charge >= 0.3 is 0 Å². The van der Waals surface area contributed by atoms with E-state index in [-0.39, 0.29) is 5.91 Å². The number of hydrogen-bond donors (Lipinski definition) is 2. The molecule has 1 aromatic heterocycles. The molecule has 0 aliphatic carbocycles. The molecule has 162 valence electrons. The number of pyridine rings is 1. The molecule has 4 rings (SSSR count). The van der Waals surface area contributed by atoms with Crippen molar-refractivity contribution in [2.24, 2.45) is 0 Å². The summed E-state index contributed by atoms with van der Waals surface area (Å²) < 4.78 is 5.82. The molecule has 1 heterocycles. The number of aromatic nitrogens is 1. The highest BCUT2D eigenvalue weighted by atomic mass is 16.5. The van der Waals surface area contributed by atoms with Crippen LogP contribution in [-0.4, -0.2) is 17.5 Å². The first-order chi connectivity index (χ1) is 15.5. The second-order valence-electron chi connectivity index (χ2n) is 7.96. The van der Waals surface area contributed by atoms with Crippen LogP contribution in [0, 0.1) is 13.8 Å². The number of anilines is 2. The molecule has 3 aromatic carbocycles. The molecule has 0 unspecified atom stereocenters. The second-order valence-corrected chi connectivity index (χ2v) is 7.96. The molecule has 5 heteroatoms. The summed E-state index contributed by atoms with van der Waals surface area (Å²) in [6.07, 6.45) is 1.57. The summed E-state index contributed by atoms with van der Waals surface area (Å²) >= 11 is 0. The van der Waals surface area contributed by atoms with Gasteiger partial charge in [0.25, 0.3) is 5.91 Å². The normalized spacial score (nSPS) is 10.8. The Morgan fingerprint density at radius 3 is 2.59 bits per heavy atom. The van der Waals surface area contributed by atoms with Gasteiger partial charge in [-0.3, -0.25) is 9.78 Å². The maximum absolute atomic E-state index is 13.0. The SMILES string of the molecule is Cc1ccc(OCCCc2ccccc2C(=O)Nc2ccc3nc(C)cc(N)c3c2)cc1. The van der Waals surface area contributed by atoms with Crippen LogP contribution in [0.5, 0.6) is 5.75 Å². The fourth-order valence-electron chi connectivity index (χ4n) is 3.71. The number of nitrogens with zero attached hydrogens (tertiary/aromatic N) is 1. The van der Waals surface area contributed by atoms with Gasteiger partial charge in [0, 0.05) is 28.0 Å². The molecule has 32 heavy (non-hydrogen) atoms. The number of rotatable bonds is 7. The summed E-state index contributed by atoms with van der Waals surface area (Å²) in [5.74, 6) is 0.722. The zero-order valence-electron chi connectivity index (χ0n) is 18.4. The molecule has 0 atom stereocenters. The number of fused-ring (bicyclic) bond motifs is 1. The number of carbonyl (C=O) groups excluding carboxylic acids is 1. The number of benzene rings is 3. The standard InChI is InChI=1S/C27H27N3O2/c1-18-9-12-22(13-10-18)32-15-5-7-20-6-3-4-8-23(20)27(31)30-21-11-14-26-24(17-21)25(28)16-19(2)29-26/h3-4,6,8-14,16-17H,5,7,15H2,1-2H3,(H2,28,29)(H,30,31). The van der Waals surface area contributed by atoms with Gasteiger partial charge in [-0.15, -0.1) is 0 Å². The van der Waals surface area contributed by atoms with Crippen LogP contribution in [0.3, 0.4) is 0 Å². The summed E-state index contributed by atoms with van der Waals surface area (Å²) in [4.78, 5) is 17.5. The Balaban J connectivity index is 1.42. The summed E-state index contributed by atoms with van der Waals surface area (Å²) in [7, 11) is 0. The van der Waals surface area contributed by atoms with Crippen molar-refractivity contribution in [3.8, 4) is 5.75 Å². The first-order valence-electron chi connectivity index (χ1n) is 10.8. The Labute approximate surface area is 188 Å². The molecule has 0 spiro atoms. The molecule has 0 bridgehead atoms. The molecule has 0 aliphatic rings. The molecule has 1 amide bonds. The highest BCUT2D eigenvalue weighted by Gasteiger charge is 2.12. The van der Waals surface area contributed by atoms with Crippen molar-refractivity contribution in [2.75, 3.05) is 17.7 Å². The molecular formula is C27H27N3O2. The highest BCUT2D eigenvalue weighted by Crippen LogP contribution is 2.25. The molecule has 0 radical (unpaired) electrons. The average molecular weight is 426 g/mol. The van der Waals surface area contributed by atoms with Gasteiger partial charge in [-0.05, 0) is 74.7 Å². The minimum Gasteiger partial charge on any atom is -0.494 e. The Hall–Kier alpha value is -3.86. The van der Waals surface area contributed by atoms with Gasteiger partial charge in [0.15, 0.2) is 0 Å². The zero-order chi connectivity index (χ0) is 22.5. The predicted molar refractivity (Wildman–Crippen MR) is 130 cm³/mol. The third-order valence-electron chi connectivity index (χ3n) is 5.37. The average Bonchev–Trinajstić information content (AvgIpc) is 2.78. The van der Waals surface area contributed by atoms with Gasteiger partial charge in [0.1, 0.15) is 5.75 Å². The van der Waals surface area contributed by atoms with Crippen LogP contribution in [-0.2, 0) is 6.42 Å². The van der Waals surface area contributed by atoms with E-state index in [0.717, 1.165) is 40.8 Å². The van der Waals surface area contributed by atoms with Crippen LogP contribution < -0.4 is 15.8 Å². The predicted octanol–water partition coefficient (Wildman–Crippen LogP) is 5.70. The highest BCUT2D eigenvalue weighted by molar-refractivity contribution is 6.06. The molecule has 4 aromatic rings. The Kier molecular flexibility index (Phi) is 6.36. The van der Waals surface area contributed by atoms with Crippen molar-refractivity contribution in [3.63, 3.8) is 0 Å². The number of carbonyl (C=O) groups is 1. The van der Waals surface area contributed by atoms with E-state index in [2.05, 4.69) is 17.2 Å². The van der Waals surface area contributed by atoms with E-state index in [1.807, 2.05) is 79.7 Å². The van der Waals surface area contributed by atoms with Crippen molar-refractivity contribution >= 4 is 28.2 Å². The topological polar surface area (TPSA) is 77.2 Å². The number of nitrogens with two attached hydrogens (primary N) is 1. The molecular weight excluding hydrogens is 398 g/mol. The minimum atomic E-state index is -0.141. The third kappa shape index (κ3) is 5.06. The lowest BCUT2D eigenvalue weighted by Gasteiger charge is -2.12. The number of amides is 1. The monoisotopic (exact) mass is 425 g/mol. The molecule has 5 nitrogen and oxygen atoms in total. The van der Waals surface area contributed by atoms with Crippen molar-refractivity contribution in [1.82, 2.24) is 4.98 Å². The maximum atomic E-state index is 13.0. The zero-order valence-corrected chi connectivity index (χ0v) is 18.4. The number of hydrogen-bond acceptors (Lipinski definition) is 4. The van der Waals surface area contributed by atoms with E-state index in [0.29, 0.717) is 23.5 Å². The molecule has 0 saturated heterocycles. The van der Waals surface area contributed by atoms with Crippen LogP contribution in [0.25, 0.3) is 10.9 Å². The van der Waals surface area contributed by atoms with Crippen LogP contribution >= 0.6 is 0 Å². The second kappa shape index (κ2) is 9.52. The number of nitrogens with one attached hydrogen (secondary N) is 1. The van der Waals surface area contributed by atoms with E-state index in [1.165, 1.54) is 5.56 Å². The smallest absolute Gasteiger partial charge is 0.255 e. The van der Waals surface area contributed by atoms with Crippen molar-refractivity contribution in [3.05, 3.63) is 95.2 Å². The van der Waals surface area contributed by atoms with Crippen molar-refractivity contribution in [1.29, 1.82) is 0 Å². The van der Waals surface area contributed by atoms with E-state index in [1.54, 1.807) is 0 Å². The maximum Gasteiger partial charge on any atom is 0.255 e. The van der Waals surface area contributed by atoms with E-state index in [9.17, 15) is 4.79 Å². The van der Waals surface area contributed by atoms with E-state index in [4.69, 9.17) is 10.5 Å². The van der Waals surface area contributed by atoms with Crippen LogP contribution in [0.1, 0.15) is 33.6 Å². The number of nitrogen functional groups attached to an aromatic ring is 1. The van der Waals surface area contributed by atoms with Gasteiger partial charge in [-0.25, -0.2) is 0 Å². The molecule has 0 aliphatic heterocycles. The lowest BCUT2D eigenvalue weighted by molar-refractivity contribution is 0.102. The van der Waals surface area contributed by atoms with Gasteiger partial charge < -0.3 is 15.8 Å². The van der Waals surface area contributed by atoms with Crippen molar-refractivity contribution < 1.29 is 9.53 Å². The third-order valence-corrected chi connectivity index (χ3v) is 5.37. The van der Waals surface area contributed by atoms with Crippen LogP contribution in [0.15, 0.2) is 72.8 Å². The van der Waals surface area contributed by atoms with Gasteiger partial charge in [0.2, 0.25) is 0 Å². The quantitative estimate of drug-likeness (QED) is 0.373. The summed E-state index contributed by atoms with van der Waals surface area (Å²) in [5.41, 5.74) is 12.0. The van der Waals surface area contributed by atoms with Crippen LogP contribution in [0.4, 0.5) is 11.4 Å². The van der Waals surface area contributed by atoms with Gasteiger partial charge in [-0.2, -0.15) is 0 Å². The summed E-state index contributed by atoms with van der Waals surface area (Å²) in [6, 6.07) is 23.1. The largest absolute Gasteiger partial charge is 0.494 e. The number of aryl methyl sites for hydroxylation is 3. The first kappa shape index (κ1) is 21.4. The Morgan fingerprint density at radius 1 is 1.00 bits per heavy atom. The van der Waals surface area contributed by atoms with E-state index < -0.39 is 0 Å². The van der Waals surface area contributed by atoms with Crippen LogP contribution in [0.2, 0.25) is 0 Å². The number of ether oxygens (including phenoxy) is 1. The molecule has 3 N–H and O–H groups in total. The molecule has 0 saturated carbocycles. The summed E-state index contributed by atoms with van der Waals surface area (Å²) in [6.45, 7) is 4.56. The van der Waals surface area contributed by atoms with Gasteiger partial charge in [-0.1, -0.05) is 35.9 Å². The lowest BCUT2D eigenvalue weighted by atomic mass is 10.0. The lowest BCUT2D eigenvalue weighted by Crippen LogP contribution is -2.14. The fourth-order valence-corrected chi connectivity index (χ4v) is 3.71.